The molecule has 8 nitrogen and oxygen atoms in total. The number of aliphatic imine (C=N–C) groups is 1. The number of hydrogen-bond acceptors (Lipinski definition) is 6. The number of rotatable bonds is 8. The number of benzene rings is 1. The van der Waals surface area contributed by atoms with E-state index in [1.165, 1.54) is 18.3 Å². The molecule has 0 radical (unpaired) electrons. The first-order valence-corrected chi connectivity index (χ1v) is 10.3. The summed E-state index contributed by atoms with van der Waals surface area (Å²) in [4.78, 5) is 20.0. The van der Waals surface area contributed by atoms with Crippen molar-refractivity contribution >= 4 is 28.3 Å². The average molecular weight is 428 g/mol. The summed E-state index contributed by atoms with van der Waals surface area (Å²) in [5.41, 5.74) is 8.73. The third kappa shape index (κ3) is 5.60. The first-order chi connectivity index (χ1) is 14.5. The van der Waals surface area contributed by atoms with Crippen molar-refractivity contribution in [1.29, 1.82) is 0 Å². The number of thiazole rings is 1. The van der Waals surface area contributed by atoms with Crippen molar-refractivity contribution in [2.24, 2.45) is 10.7 Å². The second-order valence-electron chi connectivity index (χ2n) is 6.62. The van der Waals surface area contributed by atoms with Gasteiger partial charge >= 0.3 is 0 Å². The van der Waals surface area contributed by atoms with Gasteiger partial charge in [0, 0.05) is 18.8 Å². The maximum Gasteiger partial charge on any atom is 0.217 e. The molecule has 0 bridgehead atoms. The third-order valence-electron chi connectivity index (χ3n) is 4.37. The molecule has 0 aliphatic heterocycles. The highest BCUT2D eigenvalue weighted by atomic mass is 32.1. The van der Waals surface area contributed by atoms with E-state index in [2.05, 4.69) is 20.6 Å². The number of anilines is 1. The van der Waals surface area contributed by atoms with E-state index in [1.54, 1.807) is 7.11 Å². The second-order valence-corrected chi connectivity index (χ2v) is 7.48. The smallest absolute Gasteiger partial charge is 0.217 e. The van der Waals surface area contributed by atoms with Gasteiger partial charge < -0.3 is 25.5 Å². The first kappa shape index (κ1) is 21.4. The van der Waals surface area contributed by atoms with Gasteiger partial charge in [0.2, 0.25) is 5.91 Å². The van der Waals surface area contributed by atoms with Crippen molar-refractivity contribution in [3.05, 3.63) is 52.6 Å². The number of ether oxygens (including phenoxy) is 1. The summed E-state index contributed by atoms with van der Waals surface area (Å²) in [7, 11) is 1.65. The van der Waals surface area contributed by atoms with Gasteiger partial charge in [0.15, 0.2) is 16.9 Å². The number of hydrogen-bond donors (Lipinski definition) is 3. The number of furan rings is 1. The Morgan fingerprint density at radius 2 is 2.17 bits per heavy atom. The standard InChI is InChI=1S/C21H25N5O3S/c1-13-10-18(29-19(13)11-24-14(2)27)16-12-30-21(25-16)26-20(22)23-9-8-15-6-4-5-7-17(15)28-3/h4-7,10,12H,8-9,11H2,1-3H3,(H,24,27)(H3,22,23,25,26). The molecule has 0 atom stereocenters. The van der Waals surface area contributed by atoms with E-state index in [-0.39, 0.29) is 5.91 Å². The largest absolute Gasteiger partial charge is 0.496 e. The van der Waals surface area contributed by atoms with Crippen molar-refractivity contribution in [2.75, 3.05) is 19.0 Å². The van der Waals surface area contributed by atoms with E-state index in [0.29, 0.717) is 41.4 Å². The summed E-state index contributed by atoms with van der Waals surface area (Å²) in [5, 5.41) is 8.25. The Labute approximate surface area is 179 Å². The lowest BCUT2D eigenvalue weighted by molar-refractivity contribution is -0.119. The molecule has 0 saturated carbocycles. The number of aryl methyl sites for hydroxylation is 1. The van der Waals surface area contributed by atoms with E-state index >= 15 is 0 Å². The van der Waals surface area contributed by atoms with Crippen LogP contribution < -0.4 is 21.1 Å². The highest BCUT2D eigenvalue weighted by Crippen LogP contribution is 2.28. The number of methoxy groups -OCH3 is 1. The molecular weight excluding hydrogens is 402 g/mol. The number of aromatic nitrogens is 1. The molecule has 0 fully saturated rings. The number of carbonyl (C=O) groups is 1. The molecule has 0 saturated heterocycles. The van der Waals surface area contributed by atoms with Gasteiger partial charge in [-0.3, -0.25) is 9.79 Å². The fraction of sp³-hybridized carbons (Fsp3) is 0.286. The van der Waals surface area contributed by atoms with Crippen LogP contribution in [0.25, 0.3) is 11.5 Å². The molecule has 3 rings (SSSR count). The Kier molecular flexibility index (Phi) is 7.08. The van der Waals surface area contributed by atoms with Crippen molar-refractivity contribution in [1.82, 2.24) is 10.3 Å². The summed E-state index contributed by atoms with van der Waals surface area (Å²) in [6, 6.07) is 9.75. The van der Waals surface area contributed by atoms with Crippen LogP contribution in [0.4, 0.5) is 5.13 Å². The predicted octanol–water partition coefficient (Wildman–Crippen LogP) is 3.33. The Hall–Kier alpha value is -3.33. The number of nitrogens with two attached hydrogens (primary N) is 1. The van der Waals surface area contributed by atoms with Crippen LogP contribution in [0.5, 0.6) is 5.75 Å². The molecule has 30 heavy (non-hydrogen) atoms. The lowest BCUT2D eigenvalue weighted by Gasteiger charge is -2.06. The summed E-state index contributed by atoms with van der Waals surface area (Å²) in [6.07, 6.45) is 0.720. The van der Waals surface area contributed by atoms with E-state index in [0.717, 1.165) is 23.3 Å². The minimum absolute atomic E-state index is 0.104. The van der Waals surface area contributed by atoms with Crippen molar-refractivity contribution in [2.45, 2.75) is 26.8 Å². The van der Waals surface area contributed by atoms with Gasteiger partial charge in [-0.2, -0.15) is 0 Å². The molecule has 1 aromatic carbocycles. The third-order valence-corrected chi connectivity index (χ3v) is 5.12. The maximum absolute atomic E-state index is 11.1. The topological polar surface area (TPSA) is 115 Å². The molecule has 1 amide bonds. The number of carbonyl (C=O) groups excluding carboxylic acids is 1. The zero-order valence-electron chi connectivity index (χ0n) is 17.2. The number of para-hydroxylation sites is 1. The fourth-order valence-electron chi connectivity index (χ4n) is 2.83. The minimum Gasteiger partial charge on any atom is -0.496 e. The average Bonchev–Trinajstić information content (AvgIpc) is 3.33. The predicted molar refractivity (Wildman–Crippen MR) is 119 cm³/mol. The second kappa shape index (κ2) is 9.93. The molecule has 2 aromatic heterocycles. The van der Waals surface area contributed by atoms with Gasteiger partial charge in [-0.25, -0.2) is 4.98 Å². The molecule has 0 unspecified atom stereocenters. The summed E-state index contributed by atoms with van der Waals surface area (Å²) < 4.78 is 11.2. The number of nitrogens with one attached hydrogen (secondary N) is 2. The Morgan fingerprint density at radius 3 is 2.93 bits per heavy atom. The zero-order valence-corrected chi connectivity index (χ0v) is 18.0. The Balaban J connectivity index is 1.59. The van der Waals surface area contributed by atoms with Gasteiger partial charge in [0.25, 0.3) is 0 Å². The highest BCUT2D eigenvalue weighted by molar-refractivity contribution is 7.14. The van der Waals surface area contributed by atoms with Crippen molar-refractivity contribution < 1.29 is 13.9 Å². The molecule has 9 heteroatoms. The van der Waals surface area contributed by atoms with Crippen LogP contribution in [0, 0.1) is 6.92 Å². The fourth-order valence-corrected chi connectivity index (χ4v) is 3.53. The van der Waals surface area contributed by atoms with Crippen LogP contribution in [0.15, 0.2) is 45.1 Å². The summed E-state index contributed by atoms with van der Waals surface area (Å²) in [6.45, 7) is 4.28. The van der Waals surface area contributed by atoms with Crippen molar-refractivity contribution in [3.8, 4) is 17.2 Å². The minimum atomic E-state index is -0.104. The summed E-state index contributed by atoms with van der Waals surface area (Å²) >= 11 is 1.41. The normalized spacial score (nSPS) is 11.4. The number of nitrogens with zero attached hydrogens (tertiary/aromatic N) is 2. The van der Waals surface area contributed by atoms with E-state index in [1.807, 2.05) is 42.6 Å². The Bertz CT molecular complexity index is 1040. The van der Waals surface area contributed by atoms with Crippen LogP contribution >= 0.6 is 11.3 Å². The molecule has 3 aromatic rings. The van der Waals surface area contributed by atoms with Crippen LogP contribution in [0.2, 0.25) is 0 Å². The number of guanidine groups is 1. The number of amides is 1. The maximum atomic E-state index is 11.1. The van der Waals surface area contributed by atoms with Crippen molar-refractivity contribution in [3.63, 3.8) is 0 Å². The molecule has 2 heterocycles. The molecule has 158 valence electrons. The zero-order chi connectivity index (χ0) is 21.5. The molecular formula is C21H25N5O3S. The van der Waals surface area contributed by atoms with Gasteiger partial charge in [-0.15, -0.1) is 11.3 Å². The van der Waals surface area contributed by atoms with Gasteiger partial charge in [-0.1, -0.05) is 18.2 Å². The van der Waals surface area contributed by atoms with Crippen LogP contribution in [-0.2, 0) is 17.8 Å². The molecule has 0 spiro atoms. The van der Waals surface area contributed by atoms with E-state index in [4.69, 9.17) is 14.9 Å². The van der Waals surface area contributed by atoms with Crippen LogP contribution in [0.3, 0.4) is 0 Å². The van der Waals surface area contributed by atoms with E-state index in [9.17, 15) is 4.79 Å². The van der Waals surface area contributed by atoms with Gasteiger partial charge in [0.1, 0.15) is 17.2 Å². The molecule has 4 N–H and O–H groups in total. The monoisotopic (exact) mass is 427 g/mol. The first-order valence-electron chi connectivity index (χ1n) is 9.44. The molecule has 0 aliphatic carbocycles. The Morgan fingerprint density at radius 1 is 1.37 bits per heavy atom. The van der Waals surface area contributed by atoms with Gasteiger partial charge in [0.05, 0.1) is 13.7 Å². The lowest BCUT2D eigenvalue weighted by Crippen LogP contribution is -2.23. The van der Waals surface area contributed by atoms with Gasteiger partial charge in [-0.05, 0) is 36.6 Å². The van der Waals surface area contributed by atoms with E-state index < -0.39 is 0 Å². The molecule has 0 aliphatic rings. The van der Waals surface area contributed by atoms with Crippen LogP contribution in [0.1, 0.15) is 23.8 Å². The van der Waals surface area contributed by atoms with Crippen LogP contribution in [-0.4, -0.2) is 30.5 Å². The summed E-state index contributed by atoms with van der Waals surface area (Å²) in [5.74, 6) is 2.39. The SMILES string of the molecule is COc1ccccc1CCN=C(N)Nc1nc(-c2cc(C)c(CNC(C)=O)o2)cs1. The highest BCUT2D eigenvalue weighted by Gasteiger charge is 2.13. The lowest BCUT2D eigenvalue weighted by atomic mass is 10.1. The quantitative estimate of drug-likeness (QED) is 0.375.